The van der Waals surface area contributed by atoms with E-state index >= 15 is 0 Å². The lowest BCUT2D eigenvalue weighted by Gasteiger charge is -2.50. The number of allylic oxidation sites excluding steroid dienone is 1. The Balaban J connectivity index is 1.43. The highest BCUT2D eigenvalue weighted by atomic mass is 16.3. The summed E-state index contributed by atoms with van der Waals surface area (Å²) in [7, 11) is 3.20. The zero-order chi connectivity index (χ0) is 34.5. The number of rotatable bonds is 8. The van der Waals surface area contributed by atoms with Gasteiger partial charge in [0.25, 0.3) is 11.8 Å². The van der Waals surface area contributed by atoms with Gasteiger partial charge in [-0.2, -0.15) is 0 Å². The number of nitrogens with one attached hydrogen (secondary N) is 1. The minimum Gasteiger partial charge on any atom is -0.510 e. The summed E-state index contributed by atoms with van der Waals surface area (Å²) in [6.45, 7) is -0.0912. The molecule has 0 bridgehead atoms. The Bertz CT molecular complexity index is 1740. The SMILES string of the molecule is CN(C)C1C(O)=C(C(N)=O)C(=O)C2(O)C(O)=C3C(=O)c4c(O)c(CNC(=O)c5cccnc5)cc(CCC5CCCCC5)c4CC3CC12. The molecule has 7 N–H and O–H groups in total. The normalized spacial score (nSPS) is 25.9. The first kappa shape index (κ1) is 33.4. The number of benzene rings is 1. The molecule has 1 aromatic heterocycles. The first-order valence-electron chi connectivity index (χ1n) is 16.6. The number of phenolic OH excluding ortho intramolecular Hbond substituents is 1. The summed E-state index contributed by atoms with van der Waals surface area (Å²) in [5, 5.41) is 49.0. The number of nitrogens with two attached hydrogens (primary N) is 1. The number of nitrogens with zero attached hydrogens (tertiary/aromatic N) is 2. The van der Waals surface area contributed by atoms with Crippen LogP contribution in [0.5, 0.6) is 5.75 Å². The number of carbonyl (C=O) groups excluding carboxylic acids is 4. The third-order valence-corrected chi connectivity index (χ3v) is 10.8. The van der Waals surface area contributed by atoms with Gasteiger partial charge in [0.05, 0.1) is 17.2 Å². The second kappa shape index (κ2) is 12.8. The molecule has 1 aromatic carbocycles. The van der Waals surface area contributed by atoms with E-state index in [1.54, 1.807) is 32.4 Å². The van der Waals surface area contributed by atoms with Gasteiger partial charge in [-0.3, -0.25) is 29.1 Å². The Labute approximate surface area is 278 Å². The summed E-state index contributed by atoms with van der Waals surface area (Å²) in [6, 6.07) is 4.02. The number of fused-ring (bicyclic) bond motifs is 3. The lowest BCUT2D eigenvalue weighted by Crippen LogP contribution is -2.63. The molecule has 1 heterocycles. The fourth-order valence-electron chi connectivity index (χ4n) is 8.43. The Morgan fingerprint density at radius 2 is 1.83 bits per heavy atom. The second-order valence-electron chi connectivity index (χ2n) is 13.8. The number of aryl methyl sites for hydroxylation is 1. The molecule has 0 aliphatic heterocycles. The maximum absolute atomic E-state index is 14.4. The van der Waals surface area contributed by atoms with Crippen molar-refractivity contribution in [1.29, 1.82) is 0 Å². The molecule has 6 rings (SSSR count). The highest BCUT2D eigenvalue weighted by Gasteiger charge is 2.63. The van der Waals surface area contributed by atoms with Crippen LogP contribution in [0.1, 0.15) is 82.4 Å². The molecular formula is C36H42N4O8. The van der Waals surface area contributed by atoms with Gasteiger partial charge < -0.3 is 31.5 Å². The molecule has 4 unspecified atom stereocenters. The quantitative estimate of drug-likeness (QED) is 0.229. The van der Waals surface area contributed by atoms with E-state index in [2.05, 4.69) is 10.3 Å². The van der Waals surface area contributed by atoms with Gasteiger partial charge in [0.1, 0.15) is 22.8 Å². The van der Waals surface area contributed by atoms with Crippen molar-refractivity contribution in [1.82, 2.24) is 15.2 Å². The van der Waals surface area contributed by atoms with Crippen LogP contribution in [-0.4, -0.2) is 79.4 Å². The van der Waals surface area contributed by atoms with E-state index in [4.69, 9.17) is 5.73 Å². The fourth-order valence-corrected chi connectivity index (χ4v) is 8.43. The molecule has 4 aliphatic carbocycles. The van der Waals surface area contributed by atoms with Crippen LogP contribution in [0.15, 0.2) is 53.3 Å². The van der Waals surface area contributed by atoms with E-state index < -0.39 is 64.0 Å². The largest absolute Gasteiger partial charge is 0.510 e. The number of primary amides is 1. The Kier molecular flexibility index (Phi) is 8.90. The van der Waals surface area contributed by atoms with E-state index in [9.17, 15) is 39.6 Å². The van der Waals surface area contributed by atoms with E-state index in [-0.39, 0.29) is 36.3 Å². The van der Waals surface area contributed by atoms with Crippen LogP contribution in [0.3, 0.4) is 0 Å². The number of hydrogen-bond donors (Lipinski definition) is 6. The van der Waals surface area contributed by atoms with Crippen molar-refractivity contribution < 1.29 is 39.6 Å². The third-order valence-electron chi connectivity index (χ3n) is 10.8. The predicted octanol–water partition coefficient (Wildman–Crippen LogP) is 2.96. The molecule has 12 nitrogen and oxygen atoms in total. The lowest BCUT2D eigenvalue weighted by atomic mass is 9.58. The number of carbonyl (C=O) groups is 4. The molecule has 0 saturated heterocycles. The molecule has 0 radical (unpaired) electrons. The smallest absolute Gasteiger partial charge is 0.255 e. The first-order valence-corrected chi connectivity index (χ1v) is 16.6. The summed E-state index contributed by atoms with van der Waals surface area (Å²) < 4.78 is 0. The van der Waals surface area contributed by atoms with Gasteiger partial charge in [0.15, 0.2) is 11.4 Å². The number of aliphatic hydroxyl groups excluding tert-OH is 2. The zero-order valence-electron chi connectivity index (χ0n) is 27.2. The molecule has 1 fully saturated rings. The summed E-state index contributed by atoms with van der Waals surface area (Å²) in [5.41, 5.74) is 3.77. The number of phenols is 1. The van der Waals surface area contributed by atoms with E-state index in [1.807, 2.05) is 6.07 Å². The maximum atomic E-state index is 14.4. The summed E-state index contributed by atoms with van der Waals surface area (Å²) in [6.07, 6.45) is 10.6. The lowest BCUT2D eigenvalue weighted by molar-refractivity contribution is -0.148. The molecule has 254 valence electrons. The van der Waals surface area contributed by atoms with Gasteiger partial charge in [0.2, 0.25) is 5.78 Å². The van der Waals surface area contributed by atoms with E-state index in [0.717, 1.165) is 24.8 Å². The van der Waals surface area contributed by atoms with Gasteiger partial charge in [-0.1, -0.05) is 38.2 Å². The van der Waals surface area contributed by atoms with Gasteiger partial charge >= 0.3 is 0 Å². The molecule has 12 heteroatoms. The molecule has 4 aliphatic rings. The number of ketones is 2. The number of Topliss-reactive ketones (excluding diaryl/α,β-unsaturated/α-hetero) is 2. The highest BCUT2D eigenvalue weighted by molar-refractivity contribution is 6.24. The van der Waals surface area contributed by atoms with E-state index in [0.29, 0.717) is 29.0 Å². The minimum absolute atomic E-state index is 0.0253. The summed E-state index contributed by atoms with van der Waals surface area (Å²) in [5.74, 6) is -6.77. The fraction of sp³-hybridized carbons (Fsp3) is 0.472. The molecule has 0 spiro atoms. The average Bonchev–Trinajstić information content (AvgIpc) is 3.06. The van der Waals surface area contributed by atoms with Crippen molar-refractivity contribution in [3.8, 4) is 5.75 Å². The molecule has 2 amide bonds. The Hall–Kier alpha value is -4.55. The van der Waals surface area contributed by atoms with Crippen molar-refractivity contribution in [2.24, 2.45) is 23.5 Å². The number of aliphatic hydroxyl groups is 3. The molecular weight excluding hydrogens is 616 g/mol. The Morgan fingerprint density at radius 1 is 1.10 bits per heavy atom. The van der Waals surface area contributed by atoms with Crippen LogP contribution >= 0.6 is 0 Å². The number of likely N-dealkylation sites (N-methyl/N-ethyl adjacent to an activating group) is 1. The molecule has 1 saturated carbocycles. The summed E-state index contributed by atoms with van der Waals surface area (Å²) >= 11 is 0. The second-order valence-corrected chi connectivity index (χ2v) is 13.8. The van der Waals surface area contributed by atoms with Crippen LogP contribution < -0.4 is 11.1 Å². The zero-order valence-corrected chi connectivity index (χ0v) is 27.2. The van der Waals surface area contributed by atoms with Crippen molar-refractivity contribution in [2.75, 3.05) is 14.1 Å². The monoisotopic (exact) mass is 658 g/mol. The number of aromatic hydroxyl groups is 1. The summed E-state index contributed by atoms with van der Waals surface area (Å²) in [4.78, 5) is 58.7. The van der Waals surface area contributed by atoms with Crippen LogP contribution in [0.2, 0.25) is 0 Å². The number of aromatic nitrogens is 1. The first-order chi connectivity index (χ1) is 22.9. The van der Waals surface area contributed by atoms with Gasteiger partial charge in [-0.05, 0) is 74.9 Å². The molecule has 2 aromatic rings. The average molecular weight is 659 g/mol. The topological polar surface area (TPSA) is 203 Å². The number of hydrogen-bond acceptors (Lipinski definition) is 10. The van der Waals surface area contributed by atoms with E-state index in [1.165, 1.54) is 30.4 Å². The van der Waals surface area contributed by atoms with Crippen molar-refractivity contribution >= 4 is 23.4 Å². The van der Waals surface area contributed by atoms with Crippen LogP contribution in [-0.2, 0) is 29.0 Å². The van der Waals surface area contributed by atoms with Crippen molar-refractivity contribution in [2.45, 2.75) is 76.0 Å². The van der Waals surface area contributed by atoms with Crippen LogP contribution in [0.4, 0.5) is 0 Å². The Morgan fingerprint density at radius 3 is 2.48 bits per heavy atom. The van der Waals surface area contributed by atoms with Gasteiger partial charge in [0, 0.05) is 36.0 Å². The predicted molar refractivity (Wildman–Crippen MR) is 174 cm³/mol. The van der Waals surface area contributed by atoms with Crippen LogP contribution in [0, 0.1) is 17.8 Å². The maximum Gasteiger partial charge on any atom is 0.255 e. The van der Waals surface area contributed by atoms with Crippen LogP contribution in [0.25, 0.3) is 0 Å². The highest BCUT2D eigenvalue weighted by Crippen LogP contribution is 2.53. The third kappa shape index (κ3) is 5.46. The molecule has 4 atom stereocenters. The van der Waals surface area contributed by atoms with Crippen molar-refractivity contribution in [3.63, 3.8) is 0 Å². The standard InChI is InChI=1S/C36H42N4O8/c1-40(2)28-24-15-21-14-23-19(11-10-18-7-4-3-5-8-18)13-22(17-39-35(47)20-9-6-12-38-16-20)29(41)26(23)30(42)25(21)32(44)36(24,48)33(45)27(31(28)43)34(37)46/h6,9,12-13,16,18,21,24,28,41,43-44,48H,3-5,7-8,10-11,14-15,17H2,1-2H3,(H2,37,46)(H,39,47). The number of pyridine rings is 1. The molecule has 48 heavy (non-hydrogen) atoms. The van der Waals surface area contributed by atoms with Crippen molar-refractivity contribution in [3.05, 3.63) is 81.1 Å². The minimum atomic E-state index is -2.71. The van der Waals surface area contributed by atoms with Gasteiger partial charge in [-0.25, -0.2) is 0 Å². The van der Waals surface area contributed by atoms with Gasteiger partial charge in [-0.15, -0.1) is 0 Å². The number of amides is 2.